The minimum absolute atomic E-state index is 0.243. The molecule has 2 rings (SSSR count). The summed E-state index contributed by atoms with van der Waals surface area (Å²) in [6, 6.07) is 16.1. The lowest BCUT2D eigenvalue weighted by Gasteiger charge is -2.31. The third-order valence-corrected chi connectivity index (χ3v) is 4.44. The van der Waals surface area contributed by atoms with Crippen LogP contribution in [0.1, 0.15) is 18.1 Å². The third-order valence-electron chi connectivity index (χ3n) is 4.26. The molecule has 0 aliphatic carbocycles. The molecular weight excluding hydrogens is 366 g/mol. The van der Waals surface area contributed by atoms with Crippen LogP contribution in [0.5, 0.6) is 5.75 Å². The van der Waals surface area contributed by atoms with Gasteiger partial charge in [0, 0.05) is 13.0 Å². The number of halogens is 1. The van der Waals surface area contributed by atoms with Crippen LogP contribution >= 0.6 is 11.6 Å². The number of methoxy groups -OCH3 is 2. The van der Waals surface area contributed by atoms with E-state index in [0.717, 1.165) is 16.9 Å². The SMILES string of the molecule is COC(=O)[C@@H](Cc1ccccc1)N(Cc1ccc(OC)cc1)C(=O)[C@H](C)Cl. The van der Waals surface area contributed by atoms with Crippen molar-refractivity contribution in [2.24, 2.45) is 0 Å². The zero-order valence-corrected chi connectivity index (χ0v) is 16.5. The second kappa shape index (κ2) is 9.97. The van der Waals surface area contributed by atoms with Gasteiger partial charge in [-0.15, -0.1) is 11.6 Å². The van der Waals surface area contributed by atoms with Crippen LogP contribution < -0.4 is 4.74 Å². The molecule has 0 spiro atoms. The molecule has 27 heavy (non-hydrogen) atoms. The first-order valence-electron chi connectivity index (χ1n) is 8.65. The van der Waals surface area contributed by atoms with Crippen LogP contribution in [0.4, 0.5) is 0 Å². The summed E-state index contributed by atoms with van der Waals surface area (Å²) >= 11 is 6.07. The maximum Gasteiger partial charge on any atom is 0.328 e. The van der Waals surface area contributed by atoms with E-state index >= 15 is 0 Å². The average molecular weight is 390 g/mol. The molecule has 1 amide bonds. The molecule has 0 bridgehead atoms. The van der Waals surface area contributed by atoms with Gasteiger partial charge in [0.05, 0.1) is 14.2 Å². The Hall–Kier alpha value is -2.53. The van der Waals surface area contributed by atoms with Gasteiger partial charge in [0.25, 0.3) is 0 Å². The lowest BCUT2D eigenvalue weighted by Crippen LogP contribution is -2.48. The van der Waals surface area contributed by atoms with Crippen LogP contribution in [0, 0.1) is 0 Å². The maximum atomic E-state index is 12.8. The van der Waals surface area contributed by atoms with Gasteiger partial charge in [-0.3, -0.25) is 4.79 Å². The number of benzene rings is 2. The Labute approximate surface area is 164 Å². The molecule has 0 saturated carbocycles. The first-order chi connectivity index (χ1) is 13.0. The maximum absolute atomic E-state index is 12.8. The molecule has 144 valence electrons. The third kappa shape index (κ3) is 5.73. The standard InChI is InChI=1S/C21H24ClNO4/c1-15(22)20(24)23(14-17-9-11-18(26-2)12-10-17)19(21(25)27-3)13-16-7-5-4-6-8-16/h4-12,15,19H,13-14H2,1-3H3/t15-,19+/m0/s1. The van der Waals surface area contributed by atoms with Gasteiger partial charge in [-0.1, -0.05) is 42.5 Å². The predicted molar refractivity (Wildman–Crippen MR) is 105 cm³/mol. The van der Waals surface area contributed by atoms with Gasteiger partial charge < -0.3 is 14.4 Å². The highest BCUT2D eigenvalue weighted by Crippen LogP contribution is 2.19. The highest BCUT2D eigenvalue weighted by atomic mass is 35.5. The Kier molecular flexibility index (Phi) is 7.67. The van der Waals surface area contributed by atoms with Crippen LogP contribution in [0.25, 0.3) is 0 Å². The van der Waals surface area contributed by atoms with Crippen molar-refractivity contribution in [1.29, 1.82) is 0 Å². The molecule has 0 fully saturated rings. The number of carbonyl (C=O) groups excluding carboxylic acids is 2. The van der Waals surface area contributed by atoms with E-state index in [1.807, 2.05) is 54.6 Å². The highest BCUT2D eigenvalue weighted by Gasteiger charge is 2.32. The summed E-state index contributed by atoms with van der Waals surface area (Å²) in [4.78, 5) is 26.8. The van der Waals surface area contributed by atoms with Crippen molar-refractivity contribution in [2.75, 3.05) is 14.2 Å². The van der Waals surface area contributed by atoms with Crippen molar-refractivity contribution >= 4 is 23.5 Å². The Bertz CT molecular complexity index is 747. The first kappa shape index (κ1) is 20.8. The van der Waals surface area contributed by atoms with Crippen molar-refractivity contribution in [3.8, 4) is 5.75 Å². The molecule has 0 aromatic heterocycles. The van der Waals surface area contributed by atoms with Crippen molar-refractivity contribution < 1.29 is 19.1 Å². The monoisotopic (exact) mass is 389 g/mol. The summed E-state index contributed by atoms with van der Waals surface area (Å²) in [5.74, 6) is -0.0759. The second-order valence-electron chi connectivity index (χ2n) is 6.16. The van der Waals surface area contributed by atoms with E-state index in [9.17, 15) is 9.59 Å². The molecule has 0 aliphatic heterocycles. The first-order valence-corrected chi connectivity index (χ1v) is 9.09. The number of nitrogens with zero attached hydrogens (tertiary/aromatic N) is 1. The van der Waals surface area contributed by atoms with Crippen LogP contribution in [0.15, 0.2) is 54.6 Å². The smallest absolute Gasteiger partial charge is 0.328 e. The number of esters is 1. The number of amides is 1. The number of hydrogen-bond donors (Lipinski definition) is 0. The van der Waals surface area contributed by atoms with E-state index in [4.69, 9.17) is 21.1 Å². The van der Waals surface area contributed by atoms with Crippen molar-refractivity contribution in [3.05, 3.63) is 65.7 Å². The van der Waals surface area contributed by atoms with Crippen LogP contribution in [0.2, 0.25) is 0 Å². The quantitative estimate of drug-likeness (QED) is 0.512. The van der Waals surface area contributed by atoms with Crippen molar-refractivity contribution in [2.45, 2.75) is 31.3 Å². The Morgan fingerprint density at radius 2 is 1.63 bits per heavy atom. The number of rotatable bonds is 8. The molecule has 6 heteroatoms. The van der Waals surface area contributed by atoms with Crippen molar-refractivity contribution in [3.63, 3.8) is 0 Å². The van der Waals surface area contributed by atoms with E-state index in [-0.39, 0.29) is 12.5 Å². The Morgan fingerprint density at radius 1 is 1.00 bits per heavy atom. The molecular formula is C21H24ClNO4. The van der Waals surface area contributed by atoms with Gasteiger partial charge in [0.1, 0.15) is 17.2 Å². The average Bonchev–Trinajstić information content (AvgIpc) is 2.70. The van der Waals surface area contributed by atoms with Crippen LogP contribution in [0.3, 0.4) is 0 Å². The molecule has 2 aromatic carbocycles. The molecule has 0 saturated heterocycles. The van der Waals surface area contributed by atoms with E-state index in [0.29, 0.717) is 6.42 Å². The largest absolute Gasteiger partial charge is 0.497 e. The van der Waals surface area contributed by atoms with E-state index in [1.165, 1.54) is 12.0 Å². The van der Waals surface area contributed by atoms with Gasteiger partial charge in [-0.05, 0) is 30.2 Å². The fourth-order valence-corrected chi connectivity index (χ4v) is 2.92. The van der Waals surface area contributed by atoms with Crippen LogP contribution in [-0.4, -0.2) is 42.4 Å². The number of carbonyl (C=O) groups is 2. The second-order valence-corrected chi connectivity index (χ2v) is 6.81. The van der Waals surface area contributed by atoms with Gasteiger partial charge in [0.15, 0.2) is 0 Å². The van der Waals surface area contributed by atoms with Crippen LogP contribution in [-0.2, 0) is 27.3 Å². The predicted octanol–water partition coefficient (Wildman–Crippen LogP) is 3.44. The molecule has 2 aromatic rings. The zero-order valence-electron chi connectivity index (χ0n) is 15.7. The number of ether oxygens (including phenoxy) is 2. The molecule has 2 atom stereocenters. The minimum Gasteiger partial charge on any atom is -0.497 e. The zero-order chi connectivity index (χ0) is 19.8. The van der Waals surface area contributed by atoms with E-state index < -0.39 is 17.4 Å². The molecule has 0 heterocycles. The Morgan fingerprint density at radius 3 is 2.15 bits per heavy atom. The fraction of sp³-hybridized carbons (Fsp3) is 0.333. The number of alkyl halides is 1. The van der Waals surface area contributed by atoms with E-state index in [2.05, 4.69) is 0 Å². The topological polar surface area (TPSA) is 55.8 Å². The molecule has 0 aliphatic rings. The van der Waals surface area contributed by atoms with Crippen molar-refractivity contribution in [1.82, 2.24) is 4.90 Å². The molecule has 0 radical (unpaired) electrons. The van der Waals surface area contributed by atoms with Gasteiger partial charge in [-0.2, -0.15) is 0 Å². The Balaban J connectivity index is 2.34. The highest BCUT2D eigenvalue weighted by molar-refractivity contribution is 6.30. The minimum atomic E-state index is -0.770. The summed E-state index contributed by atoms with van der Waals surface area (Å²) in [7, 11) is 2.91. The lowest BCUT2D eigenvalue weighted by atomic mass is 10.0. The summed E-state index contributed by atoms with van der Waals surface area (Å²) in [5, 5.41) is -0.758. The normalized spacial score (nSPS) is 12.7. The summed E-state index contributed by atoms with van der Waals surface area (Å²) in [5.41, 5.74) is 1.80. The molecule has 0 unspecified atom stereocenters. The fourth-order valence-electron chi connectivity index (χ4n) is 2.79. The summed E-state index contributed by atoms with van der Waals surface area (Å²) < 4.78 is 10.1. The van der Waals surface area contributed by atoms with Gasteiger partial charge >= 0.3 is 5.97 Å². The number of hydrogen-bond acceptors (Lipinski definition) is 4. The lowest BCUT2D eigenvalue weighted by molar-refractivity contribution is -0.153. The summed E-state index contributed by atoms with van der Waals surface area (Å²) in [6.07, 6.45) is 0.346. The summed E-state index contributed by atoms with van der Waals surface area (Å²) in [6.45, 7) is 1.84. The van der Waals surface area contributed by atoms with Gasteiger partial charge in [-0.25, -0.2) is 4.79 Å². The molecule has 5 nitrogen and oxygen atoms in total. The molecule has 0 N–H and O–H groups in total. The van der Waals surface area contributed by atoms with E-state index in [1.54, 1.807) is 14.0 Å². The van der Waals surface area contributed by atoms with Gasteiger partial charge in [0.2, 0.25) is 5.91 Å².